The van der Waals surface area contributed by atoms with Gasteiger partial charge in [0, 0.05) is 17.9 Å². The molecule has 0 aliphatic heterocycles. The average Bonchev–Trinajstić information content (AvgIpc) is 3.03. The van der Waals surface area contributed by atoms with Crippen LogP contribution < -0.4 is 4.72 Å². The molecule has 0 aliphatic rings. The highest BCUT2D eigenvalue weighted by molar-refractivity contribution is 7.92. The Labute approximate surface area is 141 Å². The number of nitrogens with one attached hydrogen (secondary N) is 1. The number of aromatic nitrogens is 1. The van der Waals surface area contributed by atoms with Crippen molar-refractivity contribution in [3.8, 4) is 0 Å². The molecule has 3 aromatic rings. The number of sulfonamides is 1. The quantitative estimate of drug-likeness (QED) is 0.744. The first-order chi connectivity index (χ1) is 11.5. The Morgan fingerprint density at radius 3 is 2.58 bits per heavy atom. The zero-order valence-electron chi connectivity index (χ0n) is 13.2. The SMILES string of the molecule is C[C@@H](CNS(=O)(=O)/C=C/c1ccccc1)c1nc2ccccc2o1. The van der Waals surface area contributed by atoms with Crippen molar-refractivity contribution in [2.24, 2.45) is 0 Å². The van der Waals surface area contributed by atoms with E-state index in [9.17, 15) is 8.42 Å². The van der Waals surface area contributed by atoms with Gasteiger partial charge in [0.1, 0.15) is 5.52 Å². The topological polar surface area (TPSA) is 72.2 Å². The predicted molar refractivity (Wildman–Crippen MR) is 94.8 cm³/mol. The van der Waals surface area contributed by atoms with E-state index in [1.54, 1.807) is 6.08 Å². The lowest BCUT2D eigenvalue weighted by molar-refractivity contribution is 0.481. The minimum absolute atomic E-state index is 0.169. The smallest absolute Gasteiger partial charge is 0.233 e. The number of hydrogen-bond donors (Lipinski definition) is 1. The molecule has 1 N–H and O–H groups in total. The summed E-state index contributed by atoms with van der Waals surface area (Å²) in [5, 5.41) is 1.17. The van der Waals surface area contributed by atoms with E-state index in [4.69, 9.17) is 4.42 Å². The lowest BCUT2D eigenvalue weighted by Crippen LogP contribution is -2.25. The molecule has 24 heavy (non-hydrogen) atoms. The van der Waals surface area contributed by atoms with Crippen molar-refractivity contribution in [2.75, 3.05) is 6.54 Å². The van der Waals surface area contributed by atoms with Gasteiger partial charge in [-0.2, -0.15) is 0 Å². The number of nitrogens with zero attached hydrogens (tertiary/aromatic N) is 1. The zero-order chi connectivity index (χ0) is 17.0. The minimum atomic E-state index is -3.51. The molecule has 6 heteroatoms. The van der Waals surface area contributed by atoms with Crippen molar-refractivity contribution in [2.45, 2.75) is 12.8 Å². The largest absolute Gasteiger partial charge is 0.440 e. The first-order valence-corrected chi connectivity index (χ1v) is 9.16. The molecule has 0 fully saturated rings. The van der Waals surface area contributed by atoms with E-state index >= 15 is 0 Å². The Bertz CT molecular complexity index is 914. The Balaban J connectivity index is 1.64. The second-order valence-corrected chi connectivity index (χ2v) is 7.18. The van der Waals surface area contributed by atoms with Gasteiger partial charge in [-0.1, -0.05) is 49.4 Å². The number of rotatable bonds is 6. The molecule has 2 aromatic carbocycles. The third-order valence-electron chi connectivity index (χ3n) is 3.56. The molecule has 0 saturated carbocycles. The summed E-state index contributed by atoms with van der Waals surface area (Å²) in [5.74, 6) is 0.350. The van der Waals surface area contributed by atoms with Crippen LogP contribution in [0.2, 0.25) is 0 Å². The summed E-state index contributed by atoms with van der Waals surface area (Å²) >= 11 is 0. The third kappa shape index (κ3) is 4.10. The van der Waals surface area contributed by atoms with Gasteiger partial charge in [0.05, 0.1) is 0 Å². The van der Waals surface area contributed by atoms with Gasteiger partial charge in [-0.15, -0.1) is 0 Å². The third-order valence-corrected chi connectivity index (χ3v) is 4.63. The molecule has 0 radical (unpaired) electrons. The van der Waals surface area contributed by atoms with Gasteiger partial charge in [0.2, 0.25) is 10.0 Å². The van der Waals surface area contributed by atoms with Gasteiger partial charge in [-0.25, -0.2) is 18.1 Å². The highest BCUT2D eigenvalue weighted by atomic mass is 32.2. The zero-order valence-corrected chi connectivity index (χ0v) is 14.0. The first kappa shape index (κ1) is 16.4. The number of para-hydroxylation sites is 2. The van der Waals surface area contributed by atoms with Crippen LogP contribution in [0.25, 0.3) is 17.2 Å². The molecule has 0 aliphatic carbocycles. The summed E-state index contributed by atoms with van der Waals surface area (Å²) in [6.45, 7) is 2.09. The van der Waals surface area contributed by atoms with Crippen molar-refractivity contribution in [3.05, 3.63) is 71.5 Å². The van der Waals surface area contributed by atoms with E-state index < -0.39 is 10.0 Å². The minimum Gasteiger partial charge on any atom is -0.440 e. The number of hydrogen-bond acceptors (Lipinski definition) is 4. The van der Waals surface area contributed by atoms with Crippen LogP contribution in [0.15, 0.2) is 64.4 Å². The standard InChI is InChI=1S/C18H18N2O3S/c1-14(18-20-16-9-5-6-10-17(16)23-18)13-19-24(21,22)12-11-15-7-3-2-4-8-15/h2-12,14,19H,13H2,1H3/b12-11+/t14-/m0/s1. The van der Waals surface area contributed by atoms with Crippen LogP contribution in [-0.2, 0) is 10.0 Å². The molecule has 124 valence electrons. The summed E-state index contributed by atoms with van der Waals surface area (Å²) < 4.78 is 32.3. The van der Waals surface area contributed by atoms with Crippen LogP contribution in [0, 0.1) is 0 Å². The van der Waals surface area contributed by atoms with Crippen LogP contribution in [0.5, 0.6) is 0 Å². The maximum atomic E-state index is 12.1. The van der Waals surface area contributed by atoms with Gasteiger partial charge in [0.25, 0.3) is 0 Å². The summed E-state index contributed by atoms with van der Waals surface area (Å²) in [6, 6.07) is 16.7. The van der Waals surface area contributed by atoms with Crippen molar-refractivity contribution in [1.82, 2.24) is 9.71 Å². The van der Waals surface area contributed by atoms with Gasteiger partial charge in [-0.05, 0) is 23.8 Å². The average molecular weight is 342 g/mol. The number of fused-ring (bicyclic) bond motifs is 1. The Kier molecular flexibility index (Phi) is 4.78. The summed E-state index contributed by atoms with van der Waals surface area (Å²) in [5.41, 5.74) is 2.30. The van der Waals surface area contributed by atoms with Crippen molar-refractivity contribution in [3.63, 3.8) is 0 Å². The molecule has 0 bridgehead atoms. The molecule has 0 unspecified atom stereocenters. The molecule has 3 rings (SSSR count). The summed E-state index contributed by atoms with van der Waals surface area (Å²) in [4.78, 5) is 4.39. The van der Waals surface area contributed by atoms with E-state index in [1.807, 2.05) is 61.5 Å². The van der Waals surface area contributed by atoms with Crippen LogP contribution in [0.3, 0.4) is 0 Å². The first-order valence-electron chi connectivity index (χ1n) is 7.62. The van der Waals surface area contributed by atoms with Crippen molar-refractivity contribution < 1.29 is 12.8 Å². The van der Waals surface area contributed by atoms with Gasteiger partial charge < -0.3 is 4.42 Å². The number of oxazole rings is 1. The molecule has 0 amide bonds. The molecular formula is C18H18N2O3S. The highest BCUT2D eigenvalue weighted by Gasteiger charge is 2.15. The molecule has 1 atom stereocenters. The molecule has 5 nitrogen and oxygen atoms in total. The molecular weight excluding hydrogens is 324 g/mol. The fourth-order valence-electron chi connectivity index (χ4n) is 2.21. The Hall–Kier alpha value is -2.44. The van der Waals surface area contributed by atoms with Crippen LogP contribution in [0.1, 0.15) is 24.3 Å². The Morgan fingerprint density at radius 2 is 1.83 bits per heavy atom. The molecule has 0 spiro atoms. The highest BCUT2D eigenvalue weighted by Crippen LogP contribution is 2.20. The summed E-state index contributed by atoms with van der Waals surface area (Å²) in [6.07, 6.45) is 1.56. The monoisotopic (exact) mass is 342 g/mol. The molecule has 1 heterocycles. The van der Waals surface area contributed by atoms with Crippen LogP contribution in [-0.4, -0.2) is 19.9 Å². The van der Waals surface area contributed by atoms with E-state index in [0.29, 0.717) is 11.5 Å². The van der Waals surface area contributed by atoms with E-state index in [1.165, 1.54) is 5.41 Å². The van der Waals surface area contributed by atoms with E-state index in [2.05, 4.69) is 9.71 Å². The van der Waals surface area contributed by atoms with Crippen LogP contribution >= 0.6 is 0 Å². The Morgan fingerprint density at radius 1 is 1.12 bits per heavy atom. The van der Waals surface area contributed by atoms with E-state index in [-0.39, 0.29) is 12.5 Å². The maximum absolute atomic E-state index is 12.1. The van der Waals surface area contributed by atoms with Gasteiger partial charge in [0.15, 0.2) is 11.5 Å². The van der Waals surface area contributed by atoms with E-state index in [0.717, 1.165) is 11.1 Å². The predicted octanol–water partition coefficient (Wildman–Crippen LogP) is 3.52. The van der Waals surface area contributed by atoms with Gasteiger partial charge in [-0.3, -0.25) is 0 Å². The number of benzene rings is 2. The second-order valence-electron chi connectivity index (χ2n) is 5.53. The molecule has 1 aromatic heterocycles. The fraction of sp³-hybridized carbons (Fsp3) is 0.167. The lowest BCUT2D eigenvalue weighted by atomic mass is 10.2. The summed E-state index contributed by atoms with van der Waals surface area (Å²) in [7, 11) is -3.51. The normalized spacial score (nSPS) is 13.5. The fourth-order valence-corrected chi connectivity index (χ4v) is 3.12. The van der Waals surface area contributed by atoms with Crippen molar-refractivity contribution in [1.29, 1.82) is 0 Å². The maximum Gasteiger partial charge on any atom is 0.233 e. The van der Waals surface area contributed by atoms with Crippen molar-refractivity contribution >= 4 is 27.2 Å². The van der Waals surface area contributed by atoms with Gasteiger partial charge >= 0.3 is 0 Å². The van der Waals surface area contributed by atoms with Crippen LogP contribution in [0.4, 0.5) is 0 Å². The second kappa shape index (κ2) is 6.98. The molecule has 0 saturated heterocycles. The lowest BCUT2D eigenvalue weighted by Gasteiger charge is -2.07.